The Morgan fingerprint density at radius 3 is 2.35 bits per heavy atom. The van der Waals surface area contributed by atoms with Crippen molar-refractivity contribution in [3.8, 4) is 0 Å². The second-order valence-corrected chi connectivity index (χ2v) is 6.15. The molecule has 0 spiro atoms. The highest BCUT2D eigenvalue weighted by atomic mass is 16.1. The van der Waals surface area contributed by atoms with Crippen LogP contribution in [-0.4, -0.2) is 5.91 Å². The minimum atomic E-state index is 0.0275. The zero-order chi connectivity index (χ0) is 14.7. The molecule has 0 radical (unpaired) electrons. The molecule has 2 heteroatoms. The van der Waals surface area contributed by atoms with E-state index in [9.17, 15) is 4.79 Å². The van der Waals surface area contributed by atoms with E-state index in [2.05, 4.69) is 32.2 Å². The molecule has 1 fully saturated rings. The molecular formula is C18H25NO. The molecule has 1 amide bonds. The fourth-order valence-electron chi connectivity index (χ4n) is 2.39. The van der Waals surface area contributed by atoms with E-state index in [1.54, 1.807) is 0 Å². The number of allylic oxidation sites excluding steroid dienone is 2. The topological polar surface area (TPSA) is 29.1 Å². The Morgan fingerprint density at radius 1 is 1.15 bits per heavy atom. The first-order chi connectivity index (χ1) is 9.50. The first kappa shape index (κ1) is 14.8. The van der Waals surface area contributed by atoms with E-state index in [1.165, 1.54) is 36.0 Å². The van der Waals surface area contributed by atoms with Crippen LogP contribution in [0.25, 0.3) is 5.57 Å². The molecule has 20 heavy (non-hydrogen) atoms. The molecule has 1 unspecified atom stereocenters. The van der Waals surface area contributed by atoms with Crippen LogP contribution in [0.2, 0.25) is 0 Å². The standard InChI is InChI=1S/C18H25NO/c1-12(2)13(3)18(20)19-17-11-6-5-10-16(17)14(4)15-8-7-9-15/h5-6,10-13H,7-9H2,1-4H3,(H,19,20). The number of anilines is 1. The van der Waals surface area contributed by atoms with Gasteiger partial charge in [0.15, 0.2) is 0 Å². The molecule has 0 aliphatic heterocycles. The van der Waals surface area contributed by atoms with Gasteiger partial charge in [0.2, 0.25) is 5.91 Å². The number of para-hydroxylation sites is 1. The van der Waals surface area contributed by atoms with E-state index >= 15 is 0 Å². The number of amides is 1. The van der Waals surface area contributed by atoms with Crippen molar-refractivity contribution in [1.82, 2.24) is 0 Å². The number of hydrogen-bond donors (Lipinski definition) is 1. The molecular weight excluding hydrogens is 246 g/mol. The second kappa shape index (κ2) is 6.25. The van der Waals surface area contributed by atoms with E-state index in [-0.39, 0.29) is 11.8 Å². The van der Waals surface area contributed by atoms with Gasteiger partial charge in [0.25, 0.3) is 0 Å². The Kier molecular flexibility index (Phi) is 4.64. The zero-order valence-corrected chi connectivity index (χ0v) is 13.0. The van der Waals surface area contributed by atoms with Gasteiger partial charge in [-0.05, 0) is 43.7 Å². The van der Waals surface area contributed by atoms with Crippen LogP contribution in [0.5, 0.6) is 0 Å². The predicted octanol–water partition coefficient (Wildman–Crippen LogP) is 4.87. The molecule has 1 aliphatic carbocycles. The molecule has 1 atom stereocenters. The van der Waals surface area contributed by atoms with Gasteiger partial charge in [-0.1, -0.05) is 44.5 Å². The lowest BCUT2D eigenvalue weighted by atomic mass is 9.85. The van der Waals surface area contributed by atoms with Crippen molar-refractivity contribution >= 4 is 17.2 Å². The number of benzene rings is 1. The van der Waals surface area contributed by atoms with E-state index in [0.717, 1.165) is 5.69 Å². The van der Waals surface area contributed by atoms with Crippen molar-refractivity contribution in [2.75, 3.05) is 5.32 Å². The first-order valence-corrected chi connectivity index (χ1v) is 7.59. The Balaban J connectivity index is 2.23. The van der Waals surface area contributed by atoms with Gasteiger partial charge in [0, 0.05) is 17.2 Å². The molecule has 0 aromatic heterocycles. The van der Waals surface area contributed by atoms with Crippen molar-refractivity contribution in [3.05, 3.63) is 35.4 Å². The van der Waals surface area contributed by atoms with Crippen LogP contribution in [0.4, 0.5) is 5.69 Å². The molecule has 1 N–H and O–H groups in total. The second-order valence-electron chi connectivity index (χ2n) is 6.15. The third kappa shape index (κ3) is 3.12. The van der Waals surface area contributed by atoms with Gasteiger partial charge < -0.3 is 5.32 Å². The average molecular weight is 271 g/mol. The van der Waals surface area contributed by atoms with E-state index in [4.69, 9.17) is 0 Å². The predicted molar refractivity (Wildman–Crippen MR) is 85.5 cm³/mol. The lowest BCUT2D eigenvalue weighted by Crippen LogP contribution is -2.24. The van der Waals surface area contributed by atoms with E-state index < -0.39 is 0 Å². The van der Waals surface area contributed by atoms with Crippen LogP contribution in [-0.2, 0) is 4.79 Å². The third-order valence-electron chi connectivity index (χ3n) is 4.49. The Labute approximate surface area is 122 Å². The summed E-state index contributed by atoms with van der Waals surface area (Å²) < 4.78 is 0. The number of hydrogen-bond acceptors (Lipinski definition) is 1. The highest BCUT2D eigenvalue weighted by Gasteiger charge is 2.19. The van der Waals surface area contributed by atoms with Gasteiger partial charge >= 0.3 is 0 Å². The van der Waals surface area contributed by atoms with Gasteiger partial charge in [-0.25, -0.2) is 0 Å². The molecule has 1 aliphatic rings. The molecule has 2 rings (SSSR count). The highest BCUT2D eigenvalue weighted by Crippen LogP contribution is 2.35. The maximum Gasteiger partial charge on any atom is 0.227 e. The van der Waals surface area contributed by atoms with Gasteiger partial charge in [0.05, 0.1) is 0 Å². The number of carbonyl (C=O) groups is 1. The van der Waals surface area contributed by atoms with Gasteiger partial charge in [0.1, 0.15) is 0 Å². The first-order valence-electron chi connectivity index (χ1n) is 7.59. The summed E-state index contributed by atoms with van der Waals surface area (Å²) in [4.78, 5) is 12.3. The van der Waals surface area contributed by atoms with Crippen LogP contribution >= 0.6 is 0 Å². The van der Waals surface area contributed by atoms with Crippen LogP contribution in [0.15, 0.2) is 29.8 Å². The van der Waals surface area contributed by atoms with Crippen molar-refractivity contribution < 1.29 is 4.79 Å². The number of carbonyl (C=O) groups excluding carboxylic acids is 1. The largest absolute Gasteiger partial charge is 0.325 e. The number of nitrogens with one attached hydrogen (secondary N) is 1. The third-order valence-corrected chi connectivity index (χ3v) is 4.49. The molecule has 2 nitrogen and oxygen atoms in total. The van der Waals surface area contributed by atoms with Gasteiger partial charge in [-0.15, -0.1) is 0 Å². The Hall–Kier alpha value is -1.57. The molecule has 0 heterocycles. The van der Waals surface area contributed by atoms with Gasteiger partial charge in [-0.3, -0.25) is 4.79 Å². The Morgan fingerprint density at radius 2 is 1.80 bits per heavy atom. The quantitative estimate of drug-likeness (QED) is 0.831. The minimum Gasteiger partial charge on any atom is -0.325 e. The molecule has 1 aromatic rings. The molecule has 0 bridgehead atoms. The van der Waals surface area contributed by atoms with Crippen molar-refractivity contribution in [2.45, 2.75) is 47.0 Å². The summed E-state index contributed by atoms with van der Waals surface area (Å²) >= 11 is 0. The fraction of sp³-hybridized carbons (Fsp3) is 0.500. The highest BCUT2D eigenvalue weighted by molar-refractivity contribution is 5.95. The molecule has 108 valence electrons. The van der Waals surface area contributed by atoms with Crippen LogP contribution in [0.3, 0.4) is 0 Å². The van der Waals surface area contributed by atoms with Gasteiger partial charge in [-0.2, -0.15) is 0 Å². The zero-order valence-electron chi connectivity index (χ0n) is 13.0. The maximum atomic E-state index is 12.3. The lowest BCUT2D eigenvalue weighted by molar-refractivity contribution is -0.120. The summed E-state index contributed by atoms with van der Waals surface area (Å²) in [5, 5.41) is 3.10. The smallest absolute Gasteiger partial charge is 0.227 e. The fourth-order valence-corrected chi connectivity index (χ4v) is 2.39. The lowest BCUT2D eigenvalue weighted by Gasteiger charge is -2.22. The van der Waals surface area contributed by atoms with Crippen LogP contribution in [0.1, 0.15) is 52.5 Å². The number of rotatable bonds is 4. The van der Waals surface area contributed by atoms with Crippen LogP contribution < -0.4 is 5.32 Å². The Bertz CT molecular complexity index is 522. The molecule has 0 saturated heterocycles. The van der Waals surface area contributed by atoms with Crippen LogP contribution in [0, 0.1) is 11.8 Å². The molecule has 1 aromatic carbocycles. The normalized spacial score (nSPS) is 15.8. The summed E-state index contributed by atoms with van der Waals surface area (Å²) in [6.07, 6.45) is 3.71. The SMILES string of the molecule is CC(=C1CCC1)c1ccccc1NC(=O)C(C)C(C)C. The van der Waals surface area contributed by atoms with Crippen molar-refractivity contribution in [1.29, 1.82) is 0 Å². The van der Waals surface area contributed by atoms with E-state index in [1.807, 2.05) is 25.1 Å². The van der Waals surface area contributed by atoms with Crippen molar-refractivity contribution in [2.24, 2.45) is 11.8 Å². The van der Waals surface area contributed by atoms with E-state index in [0.29, 0.717) is 5.92 Å². The summed E-state index contributed by atoms with van der Waals surface area (Å²) in [5.41, 5.74) is 4.99. The minimum absolute atomic E-state index is 0.0275. The van der Waals surface area contributed by atoms with Crippen molar-refractivity contribution in [3.63, 3.8) is 0 Å². The summed E-state index contributed by atoms with van der Waals surface area (Å²) in [6.45, 7) is 8.32. The maximum absolute atomic E-state index is 12.3. The summed E-state index contributed by atoms with van der Waals surface area (Å²) in [7, 11) is 0. The summed E-state index contributed by atoms with van der Waals surface area (Å²) in [5.74, 6) is 0.492. The molecule has 1 saturated carbocycles. The monoisotopic (exact) mass is 271 g/mol. The average Bonchev–Trinajstić information content (AvgIpc) is 2.36. The summed E-state index contributed by atoms with van der Waals surface area (Å²) in [6, 6.07) is 8.14.